The van der Waals surface area contributed by atoms with Gasteiger partial charge in [0.05, 0.1) is 25.9 Å². The number of ether oxygens (including phenoxy) is 5. The van der Waals surface area contributed by atoms with Gasteiger partial charge in [-0.05, 0) is 55.5 Å². The number of esters is 2. The lowest BCUT2D eigenvalue weighted by Crippen LogP contribution is -2.34. The second-order valence-electron chi connectivity index (χ2n) is 10.5. The highest BCUT2D eigenvalue weighted by molar-refractivity contribution is 6.04. The Morgan fingerprint density at radius 1 is 0.818 bits per heavy atom. The molecule has 226 valence electrons. The number of hydrogen-bond acceptors (Lipinski definition) is 7. The van der Waals surface area contributed by atoms with E-state index in [1.54, 1.807) is 14.0 Å². The van der Waals surface area contributed by atoms with Gasteiger partial charge in [0.25, 0.3) is 0 Å². The smallest absolute Gasteiger partial charge is 0.338 e. The van der Waals surface area contributed by atoms with Crippen LogP contribution in [0.15, 0.2) is 103 Å². The number of benzene rings is 4. The van der Waals surface area contributed by atoms with E-state index in [-0.39, 0.29) is 19.2 Å². The average molecular weight is 593 g/mol. The van der Waals surface area contributed by atoms with Gasteiger partial charge in [0.2, 0.25) is 0 Å². The summed E-state index contributed by atoms with van der Waals surface area (Å²) in [5.74, 6) is 0.407. The summed E-state index contributed by atoms with van der Waals surface area (Å²) >= 11 is 0. The summed E-state index contributed by atoms with van der Waals surface area (Å²) in [4.78, 5) is 24.9. The van der Waals surface area contributed by atoms with Gasteiger partial charge in [-0.1, -0.05) is 73.3 Å². The molecule has 0 spiro atoms. The predicted octanol–water partition coefficient (Wildman–Crippen LogP) is 7.27. The van der Waals surface area contributed by atoms with E-state index in [4.69, 9.17) is 23.7 Å². The molecule has 0 saturated heterocycles. The van der Waals surface area contributed by atoms with Crippen LogP contribution in [-0.4, -0.2) is 45.5 Å². The molecule has 0 amide bonds. The van der Waals surface area contributed by atoms with Gasteiger partial charge in [-0.2, -0.15) is 0 Å². The second kappa shape index (κ2) is 14.1. The molecule has 0 fully saturated rings. The molecule has 0 unspecified atom stereocenters. The van der Waals surface area contributed by atoms with Crippen LogP contribution in [0.2, 0.25) is 0 Å². The number of fused-ring (bicyclic) bond motifs is 3. The van der Waals surface area contributed by atoms with Gasteiger partial charge < -0.3 is 23.7 Å². The molecule has 4 aromatic carbocycles. The molecular formula is C37H36O7. The molecule has 0 N–H and O–H groups in total. The Morgan fingerprint density at radius 2 is 1.50 bits per heavy atom. The van der Waals surface area contributed by atoms with Crippen LogP contribution in [0.25, 0.3) is 16.8 Å². The third kappa shape index (κ3) is 6.68. The Morgan fingerprint density at radius 3 is 2.16 bits per heavy atom. The van der Waals surface area contributed by atoms with Crippen LogP contribution >= 0.6 is 0 Å². The molecule has 0 aliphatic carbocycles. The molecule has 1 aliphatic heterocycles. The van der Waals surface area contributed by atoms with Crippen molar-refractivity contribution >= 4 is 28.8 Å². The van der Waals surface area contributed by atoms with E-state index in [1.165, 1.54) is 0 Å². The zero-order valence-electron chi connectivity index (χ0n) is 25.0. The minimum absolute atomic E-state index is 0.0987. The van der Waals surface area contributed by atoms with E-state index >= 15 is 0 Å². The molecule has 0 aromatic heterocycles. The van der Waals surface area contributed by atoms with Crippen LogP contribution in [0.3, 0.4) is 0 Å². The van der Waals surface area contributed by atoms with Gasteiger partial charge in [-0.3, -0.25) is 0 Å². The first-order valence-electron chi connectivity index (χ1n) is 14.6. The topological polar surface area (TPSA) is 80.3 Å². The van der Waals surface area contributed by atoms with Crippen LogP contribution in [0, 0.1) is 0 Å². The Balaban J connectivity index is 1.36. The first-order chi connectivity index (χ1) is 21.4. The van der Waals surface area contributed by atoms with Crippen LogP contribution in [0.4, 0.5) is 0 Å². The van der Waals surface area contributed by atoms with Gasteiger partial charge in [0, 0.05) is 34.3 Å². The van der Waals surface area contributed by atoms with Gasteiger partial charge in [-0.25, -0.2) is 9.59 Å². The maximum Gasteiger partial charge on any atom is 0.338 e. The van der Waals surface area contributed by atoms with Gasteiger partial charge >= 0.3 is 11.9 Å². The molecule has 5 rings (SSSR count). The van der Waals surface area contributed by atoms with Crippen LogP contribution in [0.5, 0.6) is 11.5 Å². The van der Waals surface area contributed by atoms with Gasteiger partial charge in [-0.15, -0.1) is 0 Å². The van der Waals surface area contributed by atoms with Crippen molar-refractivity contribution in [2.24, 2.45) is 0 Å². The van der Waals surface area contributed by atoms with Gasteiger partial charge in [0.1, 0.15) is 18.1 Å². The molecule has 7 nitrogen and oxygen atoms in total. The lowest BCUT2D eigenvalue weighted by molar-refractivity contribution is -0.139. The van der Waals surface area contributed by atoms with Crippen LogP contribution < -0.4 is 9.47 Å². The maximum absolute atomic E-state index is 13.4. The minimum Gasteiger partial charge on any atom is -0.497 e. The summed E-state index contributed by atoms with van der Waals surface area (Å²) in [5, 5.41) is 1.65. The maximum atomic E-state index is 13.4. The van der Waals surface area contributed by atoms with Gasteiger partial charge in [0.15, 0.2) is 5.60 Å². The summed E-state index contributed by atoms with van der Waals surface area (Å²) in [5.41, 5.74) is 2.44. The van der Waals surface area contributed by atoms with Crippen molar-refractivity contribution in [3.63, 3.8) is 0 Å². The monoisotopic (exact) mass is 592 g/mol. The van der Waals surface area contributed by atoms with E-state index in [0.717, 1.165) is 21.9 Å². The Kier molecular flexibility index (Phi) is 9.77. The highest BCUT2D eigenvalue weighted by Crippen LogP contribution is 2.46. The molecule has 0 radical (unpaired) electrons. The Bertz CT molecular complexity index is 1620. The van der Waals surface area contributed by atoms with Crippen molar-refractivity contribution < 1.29 is 33.3 Å². The molecule has 1 aliphatic rings. The molecule has 0 saturated carbocycles. The lowest BCUT2D eigenvalue weighted by atomic mass is 9.82. The number of unbranched alkanes of at least 4 members (excludes halogenated alkanes) is 1. The van der Waals surface area contributed by atoms with E-state index in [9.17, 15) is 9.59 Å². The van der Waals surface area contributed by atoms with Crippen molar-refractivity contribution in [1.29, 1.82) is 0 Å². The number of carbonyl (C=O) groups excluding carboxylic acids is 2. The Hall–Kier alpha value is -4.88. The fourth-order valence-electron chi connectivity index (χ4n) is 5.14. The first kappa shape index (κ1) is 30.6. The zero-order chi connectivity index (χ0) is 30.9. The Labute approximate surface area is 257 Å². The zero-order valence-corrected chi connectivity index (χ0v) is 25.0. The predicted molar refractivity (Wildman–Crippen MR) is 170 cm³/mol. The fourth-order valence-corrected chi connectivity index (χ4v) is 5.14. The highest BCUT2D eigenvalue weighted by atomic mass is 16.6. The summed E-state index contributed by atoms with van der Waals surface area (Å²) in [6, 6.07) is 27.6. The van der Waals surface area contributed by atoms with E-state index < -0.39 is 11.6 Å². The molecule has 0 atom stereocenters. The summed E-state index contributed by atoms with van der Waals surface area (Å²) in [6.45, 7) is 6.30. The molecular weight excluding hydrogens is 556 g/mol. The number of hydrogen-bond donors (Lipinski definition) is 0. The third-order valence-electron chi connectivity index (χ3n) is 7.44. The quantitative estimate of drug-likeness (QED) is 0.0918. The fraction of sp³-hybridized carbons (Fsp3) is 0.243. The average Bonchev–Trinajstić information content (AvgIpc) is 3.07. The van der Waals surface area contributed by atoms with Crippen LogP contribution in [0.1, 0.15) is 46.8 Å². The third-order valence-corrected chi connectivity index (χ3v) is 7.44. The highest BCUT2D eigenvalue weighted by Gasteiger charge is 2.38. The minimum atomic E-state index is -0.912. The van der Waals surface area contributed by atoms with Crippen molar-refractivity contribution in [3.05, 3.63) is 125 Å². The molecule has 0 bridgehead atoms. The number of methoxy groups -OCH3 is 1. The molecule has 44 heavy (non-hydrogen) atoms. The van der Waals surface area contributed by atoms with Crippen molar-refractivity contribution in [2.75, 3.05) is 33.5 Å². The van der Waals surface area contributed by atoms with Crippen LogP contribution in [-0.2, 0) is 24.6 Å². The lowest BCUT2D eigenvalue weighted by Gasteiger charge is -2.37. The molecule has 4 aromatic rings. The summed E-state index contributed by atoms with van der Waals surface area (Å²) in [6.07, 6.45) is 5.34. The molecule has 7 heteroatoms. The van der Waals surface area contributed by atoms with E-state index in [0.29, 0.717) is 54.3 Å². The summed E-state index contributed by atoms with van der Waals surface area (Å²) < 4.78 is 28.9. The van der Waals surface area contributed by atoms with E-state index in [1.807, 2.05) is 97.1 Å². The number of carbonyl (C=O) groups is 2. The van der Waals surface area contributed by atoms with Crippen molar-refractivity contribution in [2.45, 2.75) is 25.4 Å². The summed E-state index contributed by atoms with van der Waals surface area (Å²) in [7, 11) is 1.62. The standard InChI is InChI=1S/C37H36O7/c1-26(2)35(38)42-21-11-10-20-41-22-23-43-36(39)33-24-27-16-17-30(40-3)25-32(27)34-31(33)18-19-37(44-34,28-12-6-4-7-13-28)29-14-8-5-9-15-29/h4-9,12-19,24-25H,1,10-11,20-23H2,2-3H3. The first-order valence-corrected chi connectivity index (χ1v) is 14.6. The largest absolute Gasteiger partial charge is 0.497 e. The van der Waals surface area contributed by atoms with E-state index in [2.05, 4.69) is 6.58 Å². The van der Waals surface area contributed by atoms with Crippen molar-refractivity contribution in [3.8, 4) is 11.5 Å². The number of rotatable bonds is 13. The normalized spacial score (nSPS) is 13.0. The SMILES string of the molecule is C=C(C)C(=O)OCCCCOCCOC(=O)c1cc2ccc(OC)cc2c2c1C=CC(c1ccccc1)(c1ccccc1)O2. The molecule has 1 heterocycles. The van der Waals surface area contributed by atoms with Crippen molar-refractivity contribution in [1.82, 2.24) is 0 Å². The second-order valence-corrected chi connectivity index (χ2v) is 10.5.